The minimum atomic E-state index is -0.754. The second-order valence-corrected chi connectivity index (χ2v) is 7.50. The quantitative estimate of drug-likeness (QED) is 0.408. The summed E-state index contributed by atoms with van der Waals surface area (Å²) >= 11 is 0. The van der Waals surface area contributed by atoms with E-state index in [1.165, 1.54) is 6.07 Å². The molecule has 3 amide bonds. The van der Waals surface area contributed by atoms with E-state index in [1.54, 1.807) is 67.6 Å². The highest BCUT2D eigenvalue weighted by molar-refractivity contribution is 6.21. The van der Waals surface area contributed by atoms with Crippen molar-refractivity contribution in [3.05, 3.63) is 95.1 Å². The van der Waals surface area contributed by atoms with E-state index in [4.69, 9.17) is 9.47 Å². The van der Waals surface area contributed by atoms with Gasteiger partial charge in [-0.1, -0.05) is 36.4 Å². The van der Waals surface area contributed by atoms with Crippen LogP contribution in [-0.2, 0) is 16.1 Å². The number of hydrogen-bond donors (Lipinski definition) is 1. The van der Waals surface area contributed by atoms with Crippen molar-refractivity contribution in [2.75, 3.05) is 18.5 Å². The molecule has 0 atom stereocenters. The van der Waals surface area contributed by atoms with Crippen LogP contribution in [0, 0.1) is 0 Å². The van der Waals surface area contributed by atoms with Gasteiger partial charge in [0.25, 0.3) is 17.7 Å². The zero-order valence-electron chi connectivity index (χ0n) is 18.4. The van der Waals surface area contributed by atoms with Crippen molar-refractivity contribution in [2.45, 2.75) is 13.5 Å². The number of hydrogen-bond acceptors (Lipinski definition) is 6. The molecule has 0 aliphatic carbocycles. The summed E-state index contributed by atoms with van der Waals surface area (Å²) in [5.74, 6) is -1.75. The molecule has 0 bridgehead atoms. The van der Waals surface area contributed by atoms with Crippen molar-refractivity contribution >= 4 is 29.4 Å². The lowest BCUT2D eigenvalue weighted by Gasteiger charge is -2.16. The Labute approximate surface area is 196 Å². The molecule has 8 nitrogen and oxygen atoms in total. The molecule has 1 heterocycles. The summed E-state index contributed by atoms with van der Waals surface area (Å²) in [6, 6.07) is 20.2. The summed E-state index contributed by atoms with van der Waals surface area (Å²) in [6.07, 6.45) is 0. The summed E-state index contributed by atoms with van der Waals surface area (Å²) in [5.41, 5.74) is 1.92. The van der Waals surface area contributed by atoms with Crippen LogP contribution in [0.1, 0.15) is 43.6 Å². The number of benzene rings is 3. The Balaban J connectivity index is 1.47. The van der Waals surface area contributed by atoms with Gasteiger partial charge in [-0.3, -0.25) is 19.3 Å². The van der Waals surface area contributed by atoms with Crippen LogP contribution in [0.3, 0.4) is 0 Å². The van der Waals surface area contributed by atoms with Crippen LogP contribution in [0.15, 0.2) is 72.8 Å². The highest BCUT2D eigenvalue weighted by atomic mass is 16.5. The Bertz CT molecular complexity index is 1220. The van der Waals surface area contributed by atoms with Crippen molar-refractivity contribution < 1.29 is 28.7 Å². The first-order valence-corrected chi connectivity index (χ1v) is 10.7. The van der Waals surface area contributed by atoms with Crippen molar-refractivity contribution in [3.8, 4) is 5.75 Å². The Kier molecular flexibility index (Phi) is 6.68. The fourth-order valence-electron chi connectivity index (χ4n) is 3.61. The number of carbonyl (C=O) groups excluding carboxylic acids is 4. The predicted molar refractivity (Wildman–Crippen MR) is 124 cm³/mol. The lowest BCUT2D eigenvalue weighted by Crippen LogP contribution is -2.29. The number of fused-ring (bicyclic) bond motifs is 1. The topological polar surface area (TPSA) is 102 Å². The zero-order valence-corrected chi connectivity index (χ0v) is 18.4. The molecule has 0 fully saturated rings. The summed E-state index contributed by atoms with van der Waals surface area (Å²) < 4.78 is 10.7. The van der Waals surface area contributed by atoms with Crippen LogP contribution in [0.5, 0.6) is 5.75 Å². The number of imide groups is 1. The molecule has 8 heteroatoms. The number of rotatable bonds is 8. The molecule has 0 unspecified atom stereocenters. The Morgan fingerprint density at radius 1 is 0.882 bits per heavy atom. The molecular formula is C26H22N2O6. The summed E-state index contributed by atoms with van der Waals surface area (Å²) in [6.45, 7) is 1.58. The minimum Gasteiger partial charge on any atom is -0.493 e. The molecule has 34 heavy (non-hydrogen) atoms. The molecule has 1 aliphatic rings. The largest absolute Gasteiger partial charge is 0.493 e. The number of carbonyl (C=O) groups is 4. The van der Waals surface area contributed by atoms with Crippen LogP contribution in [0.4, 0.5) is 5.69 Å². The van der Waals surface area contributed by atoms with Crippen LogP contribution in [0.25, 0.3) is 0 Å². The van der Waals surface area contributed by atoms with Gasteiger partial charge >= 0.3 is 5.97 Å². The molecule has 0 saturated carbocycles. The van der Waals surface area contributed by atoms with Crippen LogP contribution >= 0.6 is 0 Å². The van der Waals surface area contributed by atoms with E-state index in [-0.39, 0.29) is 17.9 Å². The minimum absolute atomic E-state index is 0.0203. The average molecular weight is 458 g/mol. The number of amides is 3. The lowest BCUT2D eigenvalue weighted by molar-refractivity contribution is -0.119. The molecule has 3 aromatic rings. The Morgan fingerprint density at radius 3 is 2.18 bits per heavy atom. The first-order valence-electron chi connectivity index (χ1n) is 10.7. The monoisotopic (exact) mass is 458 g/mol. The third-order valence-corrected chi connectivity index (χ3v) is 5.17. The second kappa shape index (κ2) is 9.99. The standard InChI is InChI=1S/C26H22N2O6/c1-2-33-22-13-12-17(15-28-24(30)19-10-6-7-11-20(19)25(28)31)14-21(22)26(32)34-16-23(29)27-18-8-4-3-5-9-18/h3-14H,2,15-16H2,1H3,(H,27,29). The Morgan fingerprint density at radius 2 is 1.53 bits per heavy atom. The zero-order chi connectivity index (χ0) is 24.1. The molecular weight excluding hydrogens is 436 g/mol. The molecule has 0 radical (unpaired) electrons. The first kappa shape index (κ1) is 22.7. The first-order chi connectivity index (χ1) is 16.5. The number of para-hydroxylation sites is 1. The number of ether oxygens (including phenoxy) is 2. The molecule has 172 valence electrons. The molecule has 0 aromatic heterocycles. The lowest BCUT2D eigenvalue weighted by atomic mass is 10.1. The highest BCUT2D eigenvalue weighted by Gasteiger charge is 2.35. The molecule has 1 aliphatic heterocycles. The van der Waals surface area contributed by atoms with Gasteiger partial charge in [0, 0.05) is 5.69 Å². The summed E-state index contributed by atoms with van der Waals surface area (Å²) in [7, 11) is 0. The average Bonchev–Trinajstić information content (AvgIpc) is 3.09. The van der Waals surface area contributed by atoms with Crippen molar-refractivity contribution in [1.29, 1.82) is 0 Å². The van der Waals surface area contributed by atoms with Gasteiger partial charge in [-0.25, -0.2) is 4.79 Å². The van der Waals surface area contributed by atoms with Crippen molar-refractivity contribution in [2.24, 2.45) is 0 Å². The van der Waals surface area contributed by atoms with E-state index in [0.717, 1.165) is 4.90 Å². The van der Waals surface area contributed by atoms with E-state index in [2.05, 4.69) is 5.32 Å². The number of anilines is 1. The molecule has 3 aromatic carbocycles. The van der Waals surface area contributed by atoms with E-state index >= 15 is 0 Å². The smallest absolute Gasteiger partial charge is 0.342 e. The van der Waals surface area contributed by atoms with Gasteiger partial charge in [-0.2, -0.15) is 0 Å². The number of nitrogens with zero attached hydrogens (tertiary/aromatic N) is 1. The summed E-state index contributed by atoms with van der Waals surface area (Å²) in [4.78, 5) is 51.4. The van der Waals surface area contributed by atoms with Gasteiger partial charge < -0.3 is 14.8 Å². The van der Waals surface area contributed by atoms with E-state index in [0.29, 0.717) is 29.0 Å². The van der Waals surface area contributed by atoms with Crippen LogP contribution in [-0.4, -0.2) is 41.8 Å². The molecule has 1 N–H and O–H groups in total. The third-order valence-electron chi connectivity index (χ3n) is 5.17. The molecule has 0 spiro atoms. The summed E-state index contributed by atoms with van der Waals surface area (Å²) in [5, 5.41) is 2.64. The van der Waals surface area contributed by atoms with Gasteiger partial charge in [0.1, 0.15) is 11.3 Å². The SMILES string of the molecule is CCOc1ccc(CN2C(=O)c3ccccc3C2=O)cc1C(=O)OCC(=O)Nc1ccccc1. The normalized spacial score (nSPS) is 12.3. The van der Waals surface area contributed by atoms with Gasteiger partial charge in [-0.15, -0.1) is 0 Å². The predicted octanol–water partition coefficient (Wildman–Crippen LogP) is 3.68. The maximum atomic E-state index is 12.8. The third kappa shape index (κ3) is 4.80. The van der Waals surface area contributed by atoms with Crippen molar-refractivity contribution in [1.82, 2.24) is 4.90 Å². The van der Waals surface area contributed by atoms with Gasteiger partial charge in [0.2, 0.25) is 0 Å². The van der Waals surface area contributed by atoms with E-state index in [1.807, 2.05) is 6.07 Å². The second-order valence-electron chi connectivity index (χ2n) is 7.50. The highest BCUT2D eigenvalue weighted by Crippen LogP contribution is 2.27. The van der Waals surface area contributed by atoms with Gasteiger partial charge in [0.05, 0.1) is 24.3 Å². The molecule has 0 saturated heterocycles. The Hall–Kier alpha value is -4.46. The fourth-order valence-corrected chi connectivity index (χ4v) is 3.61. The van der Waals surface area contributed by atoms with E-state index in [9.17, 15) is 19.2 Å². The maximum Gasteiger partial charge on any atom is 0.342 e. The van der Waals surface area contributed by atoms with Gasteiger partial charge in [-0.05, 0) is 48.9 Å². The van der Waals surface area contributed by atoms with E-state index < -0.39 is 30.3 Å². The fraction of sp³-hybridized carbons (Fsp3) is 0.154. The maximum absolute atomic E-state index is 12.8. The number of esters is 1. The van der Waals surface area contributed by atoms with Crippen molar-refractivity contribution in [3.63, 3.8) is 0 Å². The van der Waals surface area contributed by atoms with Gasteiger partial charge in [0.15, 0.2) is 6.61 Å². The van der Waals surface area contributed by atoms with Crippen LogP contribution < -0.4 is 10.1 Å². The molecule has 4 rings (SSSR count). The van der Waals surface area contributed by atoms with Crippen LogP contribution in [0.2, 0.25) is 0 Å². The number of nitrogens with one attached hydrogen (secondary N) is 1.